The first kappa shape index (κ1) is 29.0. The van der Waals surface area contributed by atoms with E-state index in [0.29, 0.717) is 17.0 Å². The van der Waals surface area contributed by atoms with E-state index in [1.54, 1.807) is 12.1 Å². The second kappa shape index (κ2) is 12.5. The monoisotopic (exact) mass is 602 g/mol. The number of carbonyl (C=O) groups is 3. The standard InChI is InChI=1S/C27H23ClN2O8S2/c1-17(31)29-19-8-10-21(11-9-19)40(34,35)38-25-22(28)14-18(15-23(25)36-2)16-24-26(32)30(27(33)39-24)12-13-37-20-6-4-3-5-7-20/h3-11,14-16H,12-13H2,1-2H3,(H,29,31)/b24-16-. The predicted octanol–water partition coefficient (Wildman–Crippen LogP) is 5.19. The number of anilines is 1. The van der Waals surface area contributed by atoms with Crippen LogP contribution in [0.2, 0.25) is 5.02 Å². The Bertz CT molecular complexity index is 1580. The van der Waals surface area contributed by atoms with Crippen LogP contribution in [0.5, 0.6) is 17.2 Å². The van der Waals surface area contributed by atoms with Crippen LogP contribution in [0, 0.1) is 0 Å². The molecular weight excluding hydrogens is 580 g/mol. The molecule has 3 amide bonds. The zero-order valence-corrected chi connectivity index (χ0v) is 23.6. The smallest absolute Gasteiger partial charge is 0.339 e. The Morgan fingerprint density at radius 3 is 2.42 bits per heavy atom. The molecule has 1 saturated heterocycles. The molecule has 0 bridgehead atoms. The van der Waals surface area contributed by atoms with Crippen LogP contribution in [0.1, 0.15) is 12.5 Å². The Labute approximate surface area is 240 Å². The molecule has 4 rings (SSSR count). The largest absolute Gasteiger partial charge is 0.493 e. The highest BCUT2D eigenvalue weighted by molar-refractivity contribution is 8.18. The van der Waals surface area contributed by atoms with Crippen LogP contribution >= 0.6 is 23.4 Å². The van der Waals surface area contributed by atoms with Gasteiger partial charge in [-0.25, -0.2) is 0 Å². The first-order valence-corrected chi connectivity index (χ1v) is 14.3. The molecule has 10 nitrogen and oxygen atoms in total. The summed E-state index contributed by atoms with van der Waals surface area (Å²) in [7, 11) is -3.01. The average molecular weight is 603 g/mol. The van der Waals surface area contributed by atoms with Crippen molar-refractivity contribution in [2.75, 3.05) is 25.6 Å². The van der Waals surface area contributed by atoms with Gasteiger partial charge >= 0.3 is 10.1 Å². The number of thioether (sulfide) groups is 1. The molecule has 0 aromatic heterocycles. The maximum atomic E-state index is 12.9. The number of ether oxygens (including phenoxy) is 2. The molecule has 208 valence electrons. The van der Waals surface area contributed by atoms with Gasteiger partial charge < -0.3 is 19.0 Å². The van der Waals surface area contributed by atoms with E-state index in [9.17, 15) is 22.8 Å². The highest BCUT2D eigenvalue weighted by atomic mass is 35.5. The number of benzene rings is 3. The number of imide groups is 1. The molecule has 0 spiro atoms. The van der Waals surface area contributed by atoms with Gasteiger partial charge in [0.1, 0.15) is 17.3 Å². The Hall–Kier alpha value is -4.00. The fourth-order valence-corrected chi connectivity index (χ4v) is 5.71. The minimum atomic E-state index is -4.32. The van der Waals surface area contributed by atoms with Crippen LogP contribution in [-0.2, 0) is 19.7 Å². The molecule has 1 N–H and O–H groups in total. The van der Waals surface area contributed by atoms with Crippen molar-refractivity contribution in [3.63, 3.8) is 0 Å². The Morgan fingerprint density at radius 1 is 1.07 bits per heavy atom. The maximum Gasteiger partial charge on any atom is 0.339 e. The summed E-state index contributed by atoms with van der Waals surface area (Å²) in [5, 5.41) is 2.00. The number of nitrogens with one attached hydrogen (secondary N) is 1. The molecule has 0 aliphatic carbocycles. The fraction of sp³-hybridized carbons (Fsp3) is 0.148. The van der Waals surface area contributed by atoms with Crippen molar-refractivity contribution in [2.45, 2.75) is 11.8 Å². The number of para-hydroxylation sites is 1. The number of amides is 3. The van der Waals surface area contributed by atoms with E-state index in [0.717, 1.165) is 16.7 Å². The van der Waals surface area contributed by atoms with Gasteiger partial charge in [-0.1, -0.05) is 29.8 Å². The molecule has 40 heavy (non-hydrogen) atoms. The van der Waals surface area contributed by atoms with Gasteiger partial charge in [0.25, 0.3) is 11.1 Å². The van der Waals surface area contributed by atoms with E-state index in [-0.39, 0.29) is 45.4 Å². The number of carbonyl (C=O) groups excluding carboxylic acids is 3. The lowest BCUT2D eigenvalue weighted by Crippen LogP contribution is -2.32. The molecule has 3 aromatic carbocycles. The zero-order valence-electron chi connectivity index (χ0n) is 21.3. The minimum absolute atomic E-state index is 0.00678. The van der Waals surface area contributed by atoms with Gasteiger partial charge in [-0.05, 0) is 71.9 Å². The molecule has 13 heteroatoms. The predicted molar refractivity (Wildman–Crippen MR) is 151 cm³/mol. The first-order chi connectivity index (χ1) is 19.1. The Morgan fingerprint density at radius 2 is 1.77 bits per heavy atom. The number of methoxy groups -OCH3 is 1. The van der Waals surface area contributed by atoms with E-state index < -0.39 is 21.3 Å². The van der Waals surface area contributed by atoms with Crippen molar-refractivity contribution >= 4 is 62.3 Å². The van der Waals surface area contributed by atoms with E-state index in [2.05, 4.69) is 5.32 Å². The third-order valence-electron chi connectivity index (χ3n) is 5.41. The van der Waals surface area contributed by atoms with Crippen molar-refractivity contribution in [1.82, 2.24) is 4.90 Å². The molecule has 0 atom stereocenters. The summed E-state index contributed by atoms with van der Waals surface area (Å²) >= 11 is 7.13. The third kappa shape index (κ3) is 6.95. The summed E-state index contributed by atoms with van der Waals surface area (Å²) in [6.07, 6.45) is 1.45. The van der Waals surface area contributed by atoms with E-state index >= 15 is 0 Å². The van der Waals surface area contributed by atoms with Crippen LogP contribution in [0.25, 0.3) is 6.08 Å². The van der Waals surface area contributed by atoms with Gasteiger partial charge in [-0.2, -0.15) is 8.42 Å². The highest BCUT2D eigenvalue weighted by Crippen LogP contribution is 2.40. The molecule has 0 radical (unpaired) electrons. The fourth-order valence-electron chi connectivity index (χ4n) is 3.59. The SMILES string of the molecule is COc1cc(/C=C2\SC(=O)N(CCOc3ccccc3)C2=O)cc(Cl)c1OS(=O)(=O)c1ccc(NC(C)=O)cc1. The average Bonchev–Trinajstić information content (AvgIpc) is 3.17. The Kier molecular flexibility index (Phi) is 9.03. The van der Waals surface area contributed by atoms with Gasteiger partial charge in [0.05, 0.1) is 23.6 Å². The van der Waals surface area contributed by atoms with Crippen LogP contribution in [0.4, 0.5) is 10.5 Å². The number of nitrogens with zero attached hydrogens (tertiary/aromatic N) is 1. The van der Waals surface area contributed by atoms with Crippen molar-refractivity contribution in [1.29, 1.82) is 0 Å². The molecule has 1 heterocycles. The number of hydrogen-bond donors (Lipinski definition) is 1. The molecular formula is C27H23ClN2O8S2. The third-order valence-corrected chi connectivity index (χ3v) is 7.83. The van der Waals surface area contributed by atoms with E-state index in [1.807, 2.05) is 18.2 Å². The van der Waals surface area contributed by atoms with Crippen LogP contribution in [0.15, 0.2) is 76.5 Å². The second-order valence-electron chi connectivity index (χ2n) is 8.27. The van der Waals surface area contributed by atoms with Crippen molar-refractivity contribution < 1.29 is 36.5 Å². The van der Waals surface area contributed by atoms with Crippen molar-refractivity contribution in [3.05, 3.63) is 82.2 Å². The maximum absolute atomic E-state index is 12.9. The second-order valence-corrected chi connectivity index (χ2v) is 11.2. The lowest BCUT2D eigenvalue weighted by atomic mass is 10.2. The summed E-state index contributed by atoms with van der Waals surface area (Å²) in [4.78, 5) is 37.6. The van der Waals surface area contributed by atoms with Crippen molar-refractivity contribution in [2.24, 2.45) is 0 Å². The Balaban J connectivity index is 1.49. The first-order valence-electron chi connectivity index (χ1n) is 11.7. The molecule has 1 aliphatic heterocycles. The number of rotatable bonds is 10. The quantitative estimate of drug-likeness (QED) is 0.246. The van der Waals surface area contributed by atoms with Crippen LogP contribution < -0.4 is 19.0 Å². The molecule has 0 unspecified atom stereocenters. The summed E-state index contributed by atoms with van der Waals surface area (Å²) in [6, 6.07) is 17.2. The molecule has 3 aromatic rings. The lowest BCUT2D eigenvalue weighted by molar-refractivity contribution is -0.123. The topological polar surface area (TPSA) is 128 Å². The molecule has 1 aliphatic rings. The van der Waals surface area contributed by atoms with Crippen LogP contribution in [0.3, 0.4) is 0 Å². The molecule has 0 saturated carbocycles. The van der Waals surface area contributed by atoms with Crippen LogP contribution in [-0.4, -0.2) is 50.6 Å². The van der Waals surface area contributed by atoms with E-state index in [4.69, 9.17) is 25.3 Å². The minimum Gasteiger partial charge on any atom is -0.493 e. The lowest BCUT2D eigenvalue weighted by Gasteiger charge is -2.14. The van der Waals surface area contributed by atoms with Crippen molar-refractivity contribution in [3.8, 4) is 17.2 Å². The number of hydrogen-bond acceptors (Lipinski definition) is 9. The van der Waals surface area contributed by atoms with Gasteiger partial charge in [0, 0.05) is 12.6 Å². The van der Waals surface area contributed by atoms with Gasteiger partial charge in [0.2, 0.25) is 11.7 Å². The molecule has 1 fully saturated rings. The summed E-state index contributed by atoms with van der Waals surface area (Å²) < 4.78 is 41.9. The summed E-state index contributed by atoms with van der Waals surface area (Å²) in [5.41, 5.74) is 0.803. The highest BCUT2D eigenvalue weighted by Gasteiger charge is 2.35. The summed E-state index contributed by atoms with van der Waals surface area (Å²) in [6.45, 7) is 1.53. The number of halogens is 1. The van der Waals surface area contributed by atoms with E-state index in [1.165, 1.54) is 56.5 Å². The van der Waals surface area contributed by atoms with Gasteiger partial charge in [-0.15, -0.1) is 0 Å². The van der Waals surface area contributed by atoms with Gasteiger partial charge in [0.15, 0.2) is 5.75 Å². The summed E-state index contributed by atoms with van der Waals surface area (Å²) in [5.74, 6) is -0.429. The van der Waals surface area contributed by atoms with Gasteiger partial charge in [-0.3, -0.25) is 19.3 Å². The zero-order chi connectivity index (χ0) is 28.9. The normalized spacial score (nSPS) is 14.4.